The van der Waals surface area contributed by atoms with Gasteiger partial charge in [0.15, 0.2) is 0 Å². The van der Waals surface area contributed by atoms with E-state index in [4.69, 9.17) is 9.90 Å². The number of halogens is 3. The molecule has 2 heterocycles. The summed E-state index contributed by atoms with van der Waals surface area (Å²) in [5, 5.41) is 10.5. The van der Waals surface area contributed by atoms with Crippen molar-refractivity contribution >= 4 is 11.9 Å². The van der Waals surface area contributed by atoms with Gasteiger partial charge in [-0.05, 0) is 75.7 Å². The Morgan fingerprint density at radius 1 is 1.06 bits per heavy atom. The minimum absolute atomic E-state index is 0.216. The van der Waals surface area contributed by atoms with Crippen molar-refractivity contribution < 1.29 is 27.9 Å². The third-order valence-corrected chi connectivity index (χ3v) is 7.77. The predicted molar refractivity (Wildman–Crippen MR) is 128 cm³/mol. The first-order valence-corrected chi connectivity index (χ1v) is 12.6. The quantitative estimate of drug-likeness (QED) is 0.635. The number of aliphatic carboxylic acids is 1. The van der Waals surface area contributed by atoms with Gasteiger partial charge in [0.25, 0.3) is 5.91 Å². The summed E-state index contributed by atoms with van der Waals surface area (Å²) in [5.41, 5.74) is 2.54. The Morgan fingerprint density at radius 3 is 2.11 bits per heavy atom. The van der Waals surface area contributed by atoms with Gasteiger partial charge in [0.05, 0.1) is 0 Å². The third-order valence-electron chi connectivity index (χ3n) is 7.77. The number of nitrogens with zero attached hydrogens (tertiary/aromatic N) is 2. The van der Waals surface area contributed by atoms with Gasteiger partial charge in [-0.15, -0.1) is 0 Å². The Hall–Kier alpha value is -2.13. The first-order chi connectivity index (χ1) is 16.6. The summed E-state index contributed by atoms with van der Waals surface area (Å²) in [4.78, 5) is 26.7. The number of piperidine rings is 2. The summed E-state index contributed by atoms with van der Waals surface area (Å²) in [6.45, 7) is 7.70. The van der Waals surface area contributed by atoms with E-state index >= 15 is 0 Å². The molecule has 2 aliphatic heterocycles. The zero-order valence-corrected chi connectivity index (χ0v) is 20.7. The van der Waals surface area contributed by atoms with Crippen LogP contribution in [0, 0.1) is 5.92 Å². The number of amides is 1. The summed E-state index contributed by atoms with van der Waals surface area (Å²) in [7, 11) is 2.03. The zero-order chi connectivity index (χ0) is 25.6. The molecular weight excluding hydrogens is 459 g/mol. The topological polar surface area (TPSA) is 72.9 Å². The van der Waals surface area contributed by atoms with Crippen LogP contribution in [0.4, 0.5) is 13.2 Å². The fourth-order valence-electron chi connectivity index (χ4n) is 5.65. The van der Waals surface area contributed by atoms with Crippen LogP contribution in [0.1, 0.15) is 67.8 Å². The van der Waals surface area contributed by atoms with Crippen LogP contribution in [0.2, 0.25) is 0 Å². The van der Waals surface area contributed by atoms with Crippen molar-refractivity contribution in [3.63, 3.8) is 0 Å². The molecule has 0 aromatic heterocycles. The van der Waals surface area contributed by atoms with E-state index in [1.165, 1.54) is 50.8 Å². The maximum Gasteiger partial charge on any atom is 0.490 e. The zero-order valence-electron chi connectivity index (χ0n) is 20.7. The lowest BCUT2D eigenvalue weighted by molar-refractivity contribution is -0.192. The SMILES string of the molecule is CNCC1(c2ccc(C(=O)N3CCC(N4CCCC(C)C4)CC3)cc2)CCC1.O=C(O)C(F)(F)F. The second-order valence-corrected chi connectivity index (χ2v) is 10.3. The van der Waals surface area contributed by atoms with Gasteiger partial charge in [-0.2, -0.15) is 13.2 Å². The van der Waals surface area contributed by atoms with Gasteiger partial charge in [0.2, 0.25) is 0 Å². The number of likely N-dealkylation sites (tertiary alicyclic amines) is 2. The molecule has 2 saturated heterocycles. The molecule has 4 rings (SSSR count). The fraction of sp³-hybridized carbons (Fsp3) is 0.692. The van der Waals surface area contributed by atoms with Gasteiger partial charge in [-0.25, -0.2) is 4.79 Å². The molecule has 2 N–H and O–H groups in total. The predicted octanol–water partition coefficient (Wildman–Crippen LogP) is 4.30. The molecule has 6 nitrogen and oxygen atoms in total. The molecule has 1 aromatic rings. The monoisotopic (exact) mass is 497 g/mol. The van der Waals surface area contributed by atoms with Crippen molar-refractivity contribution in [3.05, 3.63) is 35.4 Å². The highest BCUT2D eigenvalue weighted by Crippen LogP contribution is 2.43. The number of rotatable bonds is 5. The molecule has 35 heavy (non-hydrogen) atoms. The molecule has 1 unspecified atom stereocenters. The molecule has 3 fully saturated rings. The van der Waals surface area contributed by atoms with Crippen LogP contribution in [0.25, 0.3) is 0 Å². The molecule has 0 spiro atoms. The van der Waals surface area contributed by atoms with E-state index in [1.807, 2.05) is 7.05 Å². The third kappa shape index (κ3) is 6.97. The first kappa shape index (κ1) is 27.5. The number of carboxylic acids is 1. The van der Waals surface area contributed by atoms with Gasteiger partial charge in [-0.3, -0.25) is 9.69 Å². The molecule has 1 aromatic carbocycles. The summed E-state index contributed by atoms with van der Waals surface area (Å²) in [5.74, 6) is -1.71. The lowest BCUT2D eigenvalue weighted by atomic mass is 9.64. The molecule has 1 saturated carbocycles. The highest BCUT2D eigenvalue weighted by atomic mass is 19.4. The van der Waals surface area contributed by atoms with E-state index in [0.717, 1.165) is 44.0 Å². The van der Waals surface area contributed by atoms with Gasteiger partial charge >= 0.3 is 12.1 Å². The van der Waals surface area contributed by atoms with E-state index in [-0.39, 0.29) is 5.91 Å². The van der Waals surface area contributed by atoms with Crippen LogP contribution in [0.15, 0.2) is 24.3 Å². The molecule has 1 amide bonds. The summed E-state index contributed by atoms with van der Waals surface area (Å²) >= 11 is 0. The smallest absolute Gasteiger partial charge is 0.475 e. The Kier molecular flexibility index (Phi) is 9.21. The van der Waals surface area contributed by atoms with E-state index in [1.54, 1.807) is 0 Å². The number of benzene rings is 1. The molecule has 1 atom stereocenters. The van der Waals surface area contributed by atoms with Crippen molar-refractivity contribution in [1.82, 2.24) is 15.1 Å². The molecule has 196 valence electrons. The number of nitrogens with one attached hydrogen (secondary N) is 1. The van der Waals surface area contributed by atoms with Gasteiger partial charge in [0.1, 0.15) is 0 Å². The minimum Gasteiger partial charge on any atom is -0.475 e. The van der Waals surface area contributed by atoms with Gasteiger partial charge < -0.3 is 15.3 Å². The lowest BCUT2D eigenvalue weighted by Crippen LogP contribution is -2.49. The van der Waals surface area contributed by atoms with E-state index in [0.29, 0.717) is 11.5 Å². The number of carbonyl (C=O) groups is 2. The van der Waals surface area contributed by atoms with Crippen LogP contribution in [-0.4, -0.2) is 78.8 Å². The summed E-state index contributed by atoms with van der Waals surface area (Å²) < 4.78 is 31.7. The minimum atomic E-state index is -5.08. The lowest BCUT2D eigenvalue weighted by Gasteiger charge is -2.43. The number of carboxylic acid groups (broad SMARTS) is 1. The van der Waals surface area contributed by atoms with Crippen LogP contribution in [0.3, 0.4) is 0 Å². The average Bonchev–Trinajstić information content (AvgIpc) is 2.81. The van der Waals surface area contributed by atoms with Crippen molar-refractivity contribution in [1.29, 1.82) is 0 Å². The number of hydrogen-bond acceptors (Lipinski definition) is 4. The maximum absolute atomic E-state index is 13.0. The molecule has 3 aliphatic rings. The number of alkyl halides is 3. The van der Waals surface area contributed by atoms with Crippen molar-refractivity contribution in [3.8, 4) is 0 Å². The van der Waals surface area contributed by atoms with Crippen LogP contribution in [-0.2, 0) is 10.2 Å². The van der Waals surface area contributed by atoms with Crippen molar-refractivity contribution in [2.45, 2.75) is 69.5 Å². The second kappa shape index (κ2) is 11.7. The highest BCUT2D eigenvalue weighted by molar-refractivity contribution is 5.94. The standard InChI is InChI=1S/C24H37N3O.C2HF3O2/c1-19-5-3-14-27(17-19)22-10-15-26(16-11-22)23(28)20-6-8-21(9-7-20)24(18-25-2)12-4-13-24;3-2(4,5)1(6)7/h6-9,19,22,25H,3-5,10-18H2,1-2H3;(H,6,7). The first-order valence-electron chi connectivity index (χ1n) is 12.6. The molecule has 9 heteroatoms. The number of likely N-dealkylation sites (N-methyl/N-ethyl adjacent to an activating group) is 1. The van der Waals surface area contributed by atoms with Crippen LogP contribution in [0.5, 0.6) is 0 Å². The van der Waals surface area contributed by atoms with Crippen LogP contribution >= 0.6 is 0 Å². The number of hydrogen-bond donors (Lipinski definition) is 2. The number of carbonyl (C=O) groups excluding carboxylic acids is 1. The molecule has 0 radical (unpaired) electrons. The van der Waals surface area contributed by atoms with Crippen molar-refractivity contribution in [2.24, 2.45) is 5.92 Å². The summed E-state index contributed by atoms with van der Waals surface area (Å²) in [6, 6.07) is 9.20. The highest BCUT2D eigenvalue weighted by Gasteiger charge is 2.39. The van der Waals surface area contributed by atoms with E-state index < -0.39 is 12.1 Å². The van der Waals surface area contributed by atoms with Crippen LogP contribution < -0.4 is 5.32 Å². The van der Waals surface area contributed by atoms with Crippen molar-refractivity contribution in [2.75, 3.05) is 39.8 Å². The summed E-state index contributed by atoms with van der Waals surface area (Å²) in [6.07, 6.45) is 3.70. The largest absolute Gasteiger partial charge is 0.490 e. The maximum atomic E-state index is 13.0. The van der Waals surface area contributed by atoms with E-state index in [2.05, 4.69) is 46.3 Å². The van der Waals surface area contributed by atoms with Gasteiger partial charge in [-0.1, -0.05) is 25.5 Å². The molecule has 0 bridgehead atoms. The Balaban J connectivity index is 0.000000429. The Labute approximate surface area is 205 Å². The van der Waals surface area contributed by atoms with E-state index in [9.17, 15) is 18.0 Å². The Bertz CT molecular complexity index is 848. The fourth-order valence-corrected chi connectivity index (χ4v) is 5.65. The van der Waals surface area contributed by atoms with Gasteiger partial charge in [0, 0.05) is 43.2 Å². The molecular formula is C26H38F3N3O3. The molecule has 1 aliphatic carbocycles. The second-order valence-electron chi connectivity index (χ2n) is 10.3. The normalized spacial score (nSPS) is 23.1. The Morgan fingerprint density at radius 2 is 1.66 bits per heavy atom. The average molecular weight is 498 g/mol.